The van der Waals surface area contributed by atoms with E-state index >= 15 is 0 Å². The fourth-order valence-corrected chi connectivity index (χ4v) is 3.51. The van der Waals surface area contributed by atoms with E-state index in [1.165, 1.54) is 6.42 Å². The molecule has 0 amide bonds. The molecule has 5 nitrogen and oxygen atoms in total. The predicted octanol–water partition coefficient (Wildman–Crippen LogP) is 2.58. The van der Waals surface area contributed by atoms with Crippen LogP contribution in [0.15, 0.2) is 17.1 Å². The van der Waals surface area contributed by atoms with Crippen LogP contribution in [0.5, 0.6) is 0 Å². The van der Waals surface area contributed by atoms with Gasteiger partial charge in [-0.1, -0.05) is 26.0 Å². The molecule has 6 heteroatoms. The molecule has 2 heterocycles. The van der Waals surface area contributed by atoms with Gasteiger partial charge in [-0.15, -0.1) is 24.0 Å². The van der Waals surface area contributed by atoms with E-state index in [1.807, 2.05) is 7.05 Å². The second kappa shape index (κ2) is 11.3. The van der Waals surface area contributed by atoms with Crippen LogP contribution in [0.1, 0.15) is 33.6 Å². The van der Waals surface area contributed by atoms with E-state index in [0.29, 0.717) is 18.1 Å². The van der Waals surface area contributed by atoms with Crippen molar-refractivity contribution in [3.63, 3.8) is 0 Å². The first-order valence-electron chi connectivity index (χ1n) is 9.12. The Balaban J connectivity index is 0.00000288. The fraction of sp³-hybridized carbons (Fsp3) is 0.833. The number of guanidine groups is 1. The van der Waals surface area contributed by atoms with Crippen molar-refractivity contribution in [2.75, 3.05) is 46.4 Å². The number of likely N-dealkylation sites (tertiary alicyclic amines) is 1. The summed E-state index contributed by atoms with van der Waals surface area (Å²) in [6.45, 7) is 12.6. The molecule has 2 aliphatic rings. The van der Waals surface area contributed by atoms with Gasteiger partial charge in [0.15, 0.2) is 5.96 Å². The van der Waals surface area contributed by atoms with Crippen LogP contribution >= 0.6 is 24.0 Å². The normalized spacial score (nSPS) is 23.0. The van der Waals surface area contributed by atoms with Crippen LogP contribution in [0.25, 0.3) is 0 Å². The zero-order valence-corrected chi connectivity index (χ0v) is 18.0. The molecule has 24 heavy (non-hydrogen) atoms. The van der Waals surface area contributed by atoms with Crippen molar-refractivity contribution in [2.45, 2.75) is 45.8 Å². The molecule has 1 N–H and O–H groups in total. The third-order valence-electron chi connectivity index (χ3n) is 4.87. The Kier molecular flexibility index (Phi) is 10.2. The molecular weight excluding hydrogens is 415 g/mol. The summed E-state index contributed by atoms with van der Waals surface area (Å²) in [6, 6.07) is 0.662. The Morgan fingerprint density at radius 1 is 1.33 bits per heavy atom. The van der Waals surface area contributed by atoms with Crippen molar-refractivity contribution < 1.29 is 4.74 Å². The quantitative estimate of drug-likeness (QED) is 0.280. The number of hydrogen-bond donors (Lipinski definition) is 1. The smallest absolute Gasteiger partial charge is 0.193 e. The molecule has 0 aliphatic carbocycles. The minimum absolute atomic E-state index is 0. The zero-order valence-electron chi connectivity index (χ0n) is 15.7. The lowest BCUT2D eigenvalue weighted by Gasteiger charge is -2.26. The van der Waals surface area contributed by atoms with Crippen LogP contribution < -0.4 is 5.32 Å². The van der Waals surface area contributed by atoms with Gasteiger partial charge in [-0.3, -0.25) is 9.89 Å². The average molecular weight is 450 g/mol. The summed E-state index contributed by atoms with van der Waals surface area (Å²) in [4.78, 5) is 9.42. The molecule has 0 aromatic carbocycles. The molecule has 0 saturated carbocycles. The third kappa shape index (κ3) is 6.19. The Labute approximate surface area is 164 Å². The van der Waals surface area contributed by atoms with Gasteiger partial charge in [0.1, 0.15) is 0 Å². The van der Waals surface area contributed by atoms with E-state index in [1.54, 1.807) is 0 Å². The summed E-state index contributed by atoms with van der Waals surface area (Å²) in [5.74, 6) is 1.59. The molecule has 1 saturated heterocycles. The highest BCUT2D eigenvalue weighted by Crippen LogP contribution is 2.18. The predicted molar refractivity (Wildman–Crippen MR) is 112 cm³/mol. The summed E-state index contributed by atoms with van der Waals surface area (Å²) >= 11 is 0. The van der Waals surface area contributed by atoms with Crippen molar-refractivity contribution in [3.8, 4) is 0 Å². The SMILES string of the molecule is CCOC(CCNC(=NC)N1CCC(N2CC=CC2)C1)C(C)C.I. The van der Waals surface area contributed by atoms with Crippen molar-refractivity contribution >= 4 is 29.9 Å². The van der Waals surface area contributed by atoms with Crippen LogP contribution in [0.3, 0.4) is 0 Å². The van der Waals surface area contributed by atoms with E-state index in [0.717, 1.165) is 51.7 Å². The number of rotatable bonds is 7. The molecule has 0 bridgehead atoms. The number of halogens is 1. The molecule has 0 aromatic rings. The summed E-state index contributed by atoms with van der Waals surface area (Å²) in [5, 5.41) is 3.53. The van der Waals surface area contributed by atoms with Crippen LogP contribution in [0.4, 0.5) is 0 Å². The molecule has 1 fully saturated rings. The van der Waals surface area contributed by atoms with Gasteiger partial charge < -0.3 is 15.0 Å². The molecular formula is C18H35IN4O. The third-order valence-corrected chi connectivity index (χ3v) is 4.87. The molecule has 140 valence electrons. The second-order valence-corrected chi connectivity index (χ2v) is 6.81. The average Bonchev–Trinajstić information content (AvgIpc) is 3.20. The number of aliphatic imine (C=N–C) groups is 1. The summed E-state index contributed by atoms with van der Waals surface area (Å²) in [5.41, 5.74) is 0. The molecule has 2 aliphatic heterocycles. The Morgan fingerprint density at radius 3 is 2.62 bits per heavy atom. The van der Waals surface area contributed by atoms with Crippen molar-refractivity contribution in [3.05, 3.63) is 12.2 Å². The van der Waals surface area contributed by atoms with Gasteiger partial charge in [0.05, 0.1) is 6.10 Å². The van der Waals surface area contributed by atoms with Gasteiger partial charge in [0.2, 0.25) is 0 Å². The van der Waals surface area contributed by atoms with Gasteiger partial charge >= 0.3 is 0 Å². The highest BCUT2D eigenvalue weighted by atomic mass is 127. The summed E-state index contributed by atoms with van der Waals surface area (Å²) in [7, 11) is 1.88. The van der Waals surface area contributed by atoms with Crippen LogP contribution in [-0.4, -0.2) is 74.3 Å². The van der Waals surface area contributed by atoms with E-state index in [-0.39, 0.29) is 24.0 Å². The van der Waals surface area contributed by atoms with Gasteiger partial charge in [-0.2, -0.15) is 0 Å². The number of ether oxygens (including phenoxy) is 1. The monoisotopic (exact) mass is 450 g/mol. The highest BCUT2D eigenvalue weighted by molar-refractivity contribution is 14.0. The molecule has 2 atom stereocenters. The van der Waals surface area contributed by atoms with E-state index in [4.69, 9.17) is 4.74 Å². The first-order valence-corrected chi connectivity index (χ1v) is 9.12. The topological polar surface area (TPSA) is 40.1 Å². The highest BCUT2D eigenvalue weighted by Gasteiger charge is 2.29. The van der Waals surface area contributed by atoms with Gasteiger partial charge in [0.25, 0.3) is 0 Å². The largest absolute Gasteiger partial charge is 0.378 e. The maximum Gasteiger partial charge on any atom is 0.193 e. The van der Waals surface area contributed by atoms with Gasteiger partial charge in [0, 0.05) is 52.4 Å². The van der Waals surface area contributed by atoms with Gasteiger partial charge in [-0.05, 0) is 25.7 Å². The minimum Gasteiger partial charge on any atom is -0.378 e. The van der Waals surface area contributed by atoms with Crippen LogP contribution in [0.2, 0.25) is 0 Å². The molecule has 0 radical (unpaired) electrons. The maximum absolute atomic E-state index is 5.82. The van der Waals surface area contributed by atoms with Crippen LogP contribution in [-0.2, 0) is 4.74 Å². The van der Waals surface area contributed by atoms with Crippen LogP contribution in [0, 0.1) is 5.92 Å². The van der Waals surface area contributed by atoms with E-state index < -0.39 is 0 Å². The number of nitrogens with one attached hydrogen (secondary N) is 1. The Bertz CT molecular complexity index is 406. The molecule has 2 unspecified atom stereocenters. The molecule has 2 rings (SSSR count). The van der Waals surface area contributed by atoms with Crippen molar-refractivity contribution in [2.24, 2.45) is 10.9 Å². The lowest BCUT2D eigenvalue weighted by Crippen LogP contribution is -2.43. The molecule has 0 spiro atoms. The van der Waals surface area contributed by atoms with Gasteiger partial charge in [-0.25, -0.2) is 0 Å². The summed E-state index contributed by atoms with van der Waals surface area (Å²) in [6.07, 6.45) is 7.13. The standard InChI is InChI=1S/C18H34N4O.HI/c1-5-23-17(15(2)3)8-10-20-18(19-4)22-13-9-16(14-22)21-11-6-7-12-21;/h6-7,15-17H,5,8-14H2,1-4H3,(H,19,20);1H. The van der Waals surface area contributed by atoms with E-state index in [9.17, 15) is 0 Å². The lowest BCUT2D eigenvalue weighted by molar-refractivity contribution is 0.0257. The lowest BCUT2D eigenvalue weighted by atomic mass is 10.0. The second-order valence-electron chi connectivity index (χ2n) is 6.81. The van der Waals surface area contributed by atoms with Crippen molar-refractivity contribution in [1.82, 2.24) is 15.1 Å². The fourth-order valence-electron chi connectivity index (χ4n) is 3.51. The number of hydrogen-bond acceptors (Lipinski definition) is 3. The Morgan fingerprint density at radius 2 is 2.04 bits per heavy atom. The minimum atomic E-state index is 0. The van der Waals surface area contributed by atoms with E-state index in [2.05, 4.69) is 53.0 Å². The first kappa shape index (κ1) is 21.7. The molecule has 0 aromatic heterocycles. The summed E-state index contributed by atoms with van der Waals surface area (Å²) < 4.78 is 5.82. The first-order chi connectivity index (χ1) is 11.2. The maximum atomic E-state index is 5.82. The van der Waals surface area contributed by atoms with Crippen molar-refractivity contribution in [1.29, 1.82) is 0 Å². The zero-order chi connectivity index (χ0) is 16.7. The Hall–Kier alpha value is -0.340. The number of nitrogens with zero attached hydrogens (tertiary/aromatic N) is 3.